The lowest BCUT2D eigenvalue weighted by molar-refractivity contribution is -0.126. The molecule has 6 nitrogen and oxygen atoms in total. The Labute approximate surface area is 222 Å². The first-order chi connectivity index (χ1) is 17.1. The van der Waals surface area contributed by atoms with Gasteiger partial charge in [0.15, 0.2) is 0 Å². The number of unbranched alkanes of at least 4 members (excludes halogenated alkanes) is 2. The summed E-state index contributed by atoms with van der Waals surface area (Å²) in [6.07, 6.45) is 6.29. The molecule has 2 rings (SSSR count). The molecule has 0 aliphatic carbocycles. The number of rotatable bonds is 14. The molecule has 1 aromatic rings. The third-order valence-electron chi connectivity index (χ3n) is 6.94. The number of hydrogen-bond acceptors (Lipinski definition) is 4. The summed E-state index contributed by atoms with van der Waals surface area (Å²) in [5.74, 6) is 0.581. The number of carbonyl (C=O) groups is 3. The van der Waals surface area contributed by atoms with Crippen LogP contribution in [0.3, 0.4) is 0 Å². The Hall–Kier alpha value is -2.02. The average Bonchev–Trinajstić information content (AvgIpc) is 2.82. The zero-order valence-electron chi connectivity index (χ0n) is 23.2. The lowest BCUT2D eigenvalue weighted by atomic mass is 9.81. The zero-order valence-corrected chi connectivity index (χ0v) is 24.0. The van der Waals surface area contributed by atoms with Crippen molar-refractivity contribution in [2.45, 2.75) is 96.6 Å². The van der Waals surface area contributed by atoms with Crippen molar-refractivity contribution in [1.29, 1.82) is 0 Å². The van der Waals surface area contributed by atoms with Gasteiger partial charge in [0.1, 0.15) is 5.25 Å². The highest BCUT2D eigenvalue weighted by Gasteiger charge is 2.34. The second kappa shape index (κ2) is 14.7. The molecular formula is C29H47N3O3S. The number of anilines is 1. The van der Waals surface area contributed by atoms with Crippen LogP contribution in [-0.2, 0) is 14.4 Å². The predicted molar refractivity (Wildman–Crippen MR) is 150 cm³/mol. The fourth-order valence-corrected chi connectivity index (χ4v) is 5.92. The first-order valence-electron chi connectivity index (χ1n) is 13.7. The Kier molecular flexibility index (Phi) is 12.3. The van der Waals surface area contributed by atoms with Crippen LogP contribution in [0.25, 0.3) is 0 Å². The van der Waals surface area contributed by atoms with Gasteiger partial charge in [-0.3, -0.25) is 14.4 Å². The second-order valence-corrected chi connectivity index (χ2v) is 12.3. The van der Waals surface area contributed by atoms with Crippen molar-refractivity contribution in [1.82, 2.24) is 10.6 Å². The van der Waals surface area contributed by atoms with Crippen molar-refractivity contribution in [2.75, 3.05) is 24.5 Å². The average molecular weight is 518 g/mol. The van der Waals surface area contributed by atoms with E-state index in [2.05, 4.69) is 45.3 Å². The van der Waals surface area contributed by atoms with Crippen molar-refractivity contribution < 1.29 is 14.4 Å². The monoisotopic (exact) mass is 517 g/mol. The van der Waals surface area contributed by atoms with E-state index in [0.717, 1.165) is 55.7 Å². The maximum atomic E-state index is 13.5. The Morgan fingerprint density at radius 2 is 1.81 bits per heavy atom. The standard InChI is InChI=1S/C29H47N3O3S/c1-7-9-18-31-27(34)22(21(3)4)14-12-13-17-29(5,6)19-26(33)32-20-25(28(35)30-8-2)36-24-16-11-10-15-23(24)32/h10-11,15-16,21-22,25H,7-9,12-14,17-20H2,1-6H3,(H,30,35)(H,31,34)/t22-,25?/m0/s1. The Balaban J connectivity index is 1.93. The lowest BCUT2D eigenvalue weighted by Gasteiger charge is -2.35. The summed E-state index contributed by atoms with van der Waals surface area (Å²) in [6, 6.07) is 7.85. The van der Waals surface area contributed by atoms with Crippen LogP contribution in [0.4, 0.5) is 5.69 Å². The summed E-state index contributed by atoms with van der Waals surface area (Å²) in [7, 11) is 0. The van der Waals surface area contributed by atoms with E-state index in [-0.39, 0.29) is 34.3 Å². The van der Waals surface area contributed by atoms with Gasteiger partial charge in [-0.25, -0.2) is 0 Å². The highest BCUT2D eigenvalue weighted by atomic mass is 32.2. The number of amides is 3. The van der Waals surface area contributed by atoms with Gasteiger partial charge in [-0.15, -0.1) is 11.8 Å². The Bertz CT molecular complexity index is 871. The number of carbonyl (C=O) groups excluding carboxylic acids is 3. The quantitative estimate of drug-likeness (QED) is 0.306. The molecule has 1 unspecified atom stereocenters. The number of thioether (sulfide) groups is 1. The molecule has 0 radical (unpaired) electrons. The molecule has 1 aliphatic heterocycles. The van der Waals surface area contributed by atoms with E-state index in [4.69, 9.17) is 0 Å². The number of fused-ring (bicyclic) bond motifs is 1. The maximum Gasteiger partial charge on any atom is 0.235 e. The molecule has 1 aliphatic rings. The van der Waals surface area contributed by atoms with Crippen LogP contribution in [0.5, 0.6) is 0 Å². The van der Waals surface area contributed by atoms with Gasteiger partial charge in [0.2, 0.25) is 17.7 Å². The van der Waals surface area contributed by atoms with Gasteiger partial charge in [0.25, 0.3) is 0 Å². The zero-order chi connectivity index (χ0) is 26.7. The molecule has 0 aromatic heterocycles. The van der Waals surface area contributed by atoms with Crippen LogP contribution in [0.2, 0.25) is 0 Å². The Morgan fingerprint density at radius 1 is 1.08 bits per heavy atom. The summed E-state index contributed by atoms with van der Waals surface area (Å²) in [4.78, 5) is 41.4. The van der Waals surface area contributed by atoms with Crippen molar-refractivity contribution in [3.63, 3.8) is 0 Å². The summed E-state index contributed by atoms with van der Waals surface area (Å²) in [5.41, 5.74) is 0.742. The first-order valence-corrected chi connectivity index (χ1v) is 14.6. The molecule has 3 amide bonds. The van der Waals surface area contributed by atoms with Crippen LogP contribution < -0.4 is 15.5 Å². The fraction of sp³-hybridized carbons (Fsp3) is 0.690. The predicted octanol–water partition coefficient (Wildman–Crippen LogP) is 5.80. The number of nitrogens with one attached hydrogen (secondary N) is 2. The van der Waals surface area contributed by atoms with E-state index in [9.17, 15) is 14.4 Å². The van der Waals surface area contributed by atoms with Crippen LogP contribution in [-0.4, -0.2) is 42.6 Å². The van der Waals surface area contributed by atoms with Crippen LogP contribution in [0.1, 0.15) is 86.5 Å². The van der Waals surface area contributed by atoms with Gasteiger partial charge in [0.05, 0.1) is 5.69 Å². The third kappa shape index (κ3) is 9.13. The summed E-state index contributed by atoms with van der Waals surface area (Å²) in [5, 5.41) is 5.69. The molecule has 2 atom stereocenters. The summed E-state index contributed by atoms with van der Waals surface area (Å²) >= 11 is 1.54. The minimum atomic E-state index is -0.302. The molecule has 0 fully saturated rings. The van der Waals surface area contributed by atoms with E-state index in [1.807, 2.05) is 36.1 Å². The number of benzene rings is 1. The summed E-state index contributed by atoms with van der Waals surface area (Å²) in [6.45, 7) is 14.3. The topological polar surface area (TPSA) is 78.5 Å². The van der Waals surface area contributed by atoms with E-state index in [1.165, 1.54) is 11.8 Å². The number of nitrogens with zero attached hydrogens (tertiary/aromatic N) is 1. The molecule has 202 valence electrons. The van der Waals surface area contributed by atoms with E-state index in [1.54, 1.807) is 0 Å². The minimum absolute atomic E-state index is 0.0208. The smallest absolute Gasteiger partial charge is 0.235 e. The molecule has 36 heavy (non-hydrogen) atoms. The van der Waals surface area contributed by atoms with E-state index < -0.39 is 0 Å². The highest BCUT2D eigenvalue weighted by Crippen LogP contribution is 2.40. The van der Waals surface area contributed by atoms with Gasteiger partial charge in [-0.2, -0.15) is 0 Å². The largest absolute Gasteiger partial charge is 0.356 e. The lowest BCUT2D eigenvalue weighted by Crippen LogP contribution is -2.46. The van der Waals surface area contributed by atoms with Gasteiger partial charge < -0.3 is 15.5 Å². The molecule has 0 saturated carbocycles. The molecule has 0 spiro atoms. The Morgan fingerprint density at radius 3 is 2.47 bits per heavy atom. The second-order valence-electron chi connectivity index (χ2n) is 11.1. The van der Waals surface area contributed by atoms with Crippen molar-refractivity contribution in [3.05, 3.63) is 24.3 Å². The molecule has 0 saturated heterocycles. The first kappa shape index (κ1) is 30.2. The van der Waals surface area contributed by atoms with E-state index in [0.29, 0.717) is 25.4 Å². The minimum Gasteiger partial charge on any atom is -0.356 e. The van der Waals surface area contributed by atoms with E-state index >= 15 is 0 Å². The number of hydrogen-bond donors (Lipinski definition) is 2. The van der Waals surface area contributed by atoms with Crippen LogP contribution >= 0.6 is 11.8 Å². The summed E-state index contributed by atoms with van der Waals surface area (Å²) < 4.78 is 0. The van der Waals surface area contributed by atoms with Crippen molar-refractivity contribution in [3.8, 4) is 0 Å². The molecule has 7 heteroatoms. The molecule has 1 aromatic carbocycles. The van der Waals surface area contributed by atoms with Gasteiger partial charge in [0, 0.05) is 36.9 Å². The van der Waals surface area contributed by atoms with Gasteiger partial charge in [-0.05, 0) is 49.7 Å². The molecule has 0 bridgehead atoms. The van der Waals surface area contributed by atoms with Crippen molar-refractivity contribution >= 4 is 35.2 Å². The van der Waals surface area contributed by atoms with Crippen LogP contribution in [0, 0.1) is 17.3 Å². The number of para-hydroxylation sites is 1. The van der Waals surface area contributed by atoms with Gasteiger partial charge in [-0.1, -0.05) is 66.0 Å². The molecule has 2 N–H and O–H groups in total. The van der Waals surface area contributed by atoms with Crippen LogP contribution in [0.15, 0.2) is 29.2 Å². The normalized spacial score (nSPS) is 16.4. The fourth-order valence-electron chi connectivity index (χ4n) is 4.74. The SMILES string of the molecule is CCCCNC(=O)[C@@H](CCCCC(C)(C)CC(=O)N1CC(C(=O)NCC)Sc2ccccc21)C(C)C. The third-order valence-corrected chi connectivity index (χ3v) is 8.18. The molecule has 1 heterocycles. The molecular weight excluding hydrogens is 470 g/mol. The highest BCUT2D eigenvalue weighted by molar-refractivity contribution is 8.00. The maximum absolute atomic E-state index is 13.5. The van der Waals surface area contributed by atoms with Crippen molar-refractivity contribution in [2.24, 2.45) is 17.3 Å². The van der Waals surface area contributed by atoms with Gasteiger partial charge >= 0.3 is 0 Å².